The normalized spacial score (nSPS) is 10.9. The molecule has 1 heterocycles. The molecule has 9 heteroatoms. The molecule has 7 nitrogen and oxygen atoms in total. The van der Waals surface area contributed by atoms with Gasteiger partial charge in [-0.1, -0.05) is 0 Å². The predicted octanol–water partition coefficient (Wildman–Crippen LogP) is 4.73. The molecule has 0 unspecified atom stereocenters. The number of halogens is 1. The van der Waals surface area contributed by atoms with E-state index in [1.54, 1.807) is 23.6 Å². The zero-order chi connectivity index (χ0) is 22.4. The monoisotopic (exact) mass is 439 g/mol. The van der Waals surface area contributed by atoms with Crippen molar-refractivity contribution >= 4 is 28.6 Å². The van der Waals surface area contributed by atoms with Gasteiger partial charge < -0.3 is 19.5 Å². The molecule has 31 heavy (non-hydrogen) atoms. The lowest BCUT2D eigenvalue weighted by Crippen LogP contribution is -2.07. The molecule has 1 N–H and O–H groups in total. The van der Waals surface area contributed by atoms with E-state index in [9.17, 15) is 14.4 Å². The summed E-state index contributed by atoms with van der Waals surface area (Å²) in [7, 11) is 4.20. The van der Waals surface area contributed by atoms with Crippen LogP contribution in [0.25, 0.3) is 16.8 Å². The number of anilines is 1. The van der Waals surface area contributed by atoms with Crippen molar-refractivity contribution in [2.24, 2.45) is 0 Å². The van der Waals surface area contributed by atoms with Crippen molar-refractivity contribution in [1.29, 1.82) is 5.26 Å². The minimum atomic E-state index is -0.580. The van der Waals surface area contributed by atoms with E-state index >= 15 is 0 Å². The fraction of sp³-hybridized carbons (Fsp3) is 0.136. The number of nitrogens with one attached hydrogen (secondary N) is 1. The Hall–Kier alpha value is -3.90. The van der Waals surface area contributed by atoms with Gasteiger partial charge in [0.25, 0.3) is 0 Å². The Kier molecular flexibility index (Phi) is 6.85. The summed E-state index contributed by atoms with van der Waals surface area (Å²) < 4.78 is 28.5. The summed E-state index contributed by atoms with van der Waals surface area (Å²) in [5.41, 5.74) is 2.20. The van der Waals surface area contributed by atoms with Crippen LogP contribution in [0.1, 0.15) is 15.4 Å². The number of benzene rings is 2. The van der Waals surface area contributed by atoms with E-state index in [1.165, 1.54) is 57.1 Å². The van der Waals surface area contributed by atoms with Gasteiger partial charge >= 0.3 is 5.97 Å². The molecule has 0 fully saturated rings. The first-order valence-corrected chi connectivity index (χ1v) is 9.81. The van der Waals surface area contributed by atoms with Gasteiger partial charge in [0.1, 0.15) is 22.5 Å². The molecule has 0 atom stereocenters. The maximum Gasteiger partial charge on any atom is 0.340 e. The van der Waals surface area contributed by atoms with Crippen molar-refractivity contribution < 1.29 is 23.4 Å². The van der Waals surface area contributed by atoms with Crippen LogP contribution in [0.2, 0.25) is 0 Å². The van der Waals surface area contributed by atoms with Gasteiger partial charge in [-0.05, 0) is 24.3 Å². The Labute approximate surface area is 182 Å². The molecule has 0 aliphatic rings. The standard InChI is InChI=1S/C22H18FN3O4S/c1-28-19-8-16(22(27)30-3)17(9-20(19)29-2)25-11-14(10-24)21-26-18(12-31-21)13-4-6-15(23)7-5-13/h4-9,11-12,25H,1-3H3/b14-11+. The van der Waals surface area contributed by atoms with Gasteiger partial charge in [0.05, 0.1) is 38.3 Å². The molecule has 0 radical (unpaired) electrons. The first-order valence-electron chi connectivity index (χ1n) is 8.93. The van der Waals surface area contributed by atoms with Crippen LogP contribution in [0, 0.1) is 17.1 Å². The maximum atomic E-state index is 13.1. The van der Waals surface area contributed by atoms with Crippen LogP contribution in [0.3, 0.4) is 0 Å². The van der Waals surface area contributed by atoms with Crippen LogP contribution in [0.5, 0.6) is 11.5 Å². The van der Waals surface area contributed by atoms with Crippen LogP contribution >= 0.6 is 11.3 Å². The van der Waals surface area contributed by atoms with E-state index in [4.69, 9.17) is 14.2 Å². The summed E-state index contributed by atoms with van der Waals surface area (Å²) in [5, 5.41) is 14.8. The Morgan fingerprint density at radius 1 is 1.16 bits per heavy atom. The summed E-state index contributed by atoms with van der Waals surface area (Å²) in [6.45, 7) is 0. The third kappa shape index (κ3) is 4.82. The second-order valence-corrected chi connectivity index (χ2v) is 6.96. The lowest BCUT2D eigenvalue weighted by atomic mass is 10.1. The van der Waals surface area contributed by atoms with Gasteiger partial charge in [-0.3, -0.25) is 0 Å². The number of nitriles is 1. The molecule has 3 rings (SSSR count). The van der Waals surface area contributed by atoms with E-state index in [1.807, 2.05) is 0 Å². The number of carbonyl (C=O) groups excluding carboxylic acids is 1. The fourth-order valence-corrected chi connectivity index (χ4v) is 3.51. The summed E-state index contributed by atoms with van der Waals surface area (Å²) in [6.07, 6.45) is 1.45. The number of esters is 1. The smallest absolute Gasteiger partial charge is 0.340 e. The molecule has 1 aromatic heterocycles. The van der Waals surface area contributed by atoms with Gasteiger partial charge in [0.2, 0.25) is 0 Å². The first kappa shape index (κ1) is 21.8. The minimum absolute atomic E-state index is 0.208. The topological polar surface area (TPSA) is 93.5 Å². The summed E-state index contributed by atoms with van der Waals surface area (Å²) >= 11 is 1.27. The number of rotatable bonds is 7. The second-order valence-electron chi connectivity index (χ2n) is 6.10. The quantitative estimate of drug-likeness (QED) is 0.420. The van der Waals surface area contributed by atoms with E-state index in [2.05, 4.69) is 16.4 Å². The molecule has 0 saturated carbocycles. The number of thiazole rings is 1. The van der Waals surface area contributed by atoms with Gasteiger partial charge in [-0.2, -0.15) is 5.26 Å². The van der Waals surface area contributed by atoms with Crippen LogP contribution in [-0.2, 0) is 4.74 Å². The molecule has 0 spiro atoms. The SMILES string of the molecule is COC(=O)c1cc(OC)c(OC)cc1N/C=C(\C#N)c1nc(-c2ccc(F)cc2)cs1. The first-order chi connectivity index (χ1) is 15.0. The number of methoxy groups -OCH3 is 3. The van der Waals surface area contributed by atoms with Gasteiger partial charge in [-0.15, -0.1) is 11.3 Å². The summed E-state index contributed by atoms with van der Waals surface area (Å²) in [4.78, 5) is 16.6. The van der Waals surface area contributed by atoms with E-state index in [-0.39, 0.29) is 17.0 Å². The molecule has 2 aromatic carbocycles. The molecule has 0 bridgehead atoms. The molecule has 158 valence electrons. The molecule has 0 aliphatic heterocycles. The zero-order valence-corrected chi connectivity index (χ0v) is 17.7. The van der Waals surface area contributed by atoms with Crippen molar-refractivity contribution in [3.05, 3.63) is 64.4 Å². The molecular weight excluding hydrogens is 421 g/mol. The molecule has 3 aromatic rings. The van der Waals surface area contributed by atoms with Gasteiger partial charge in [-0.25, -0.2) is 14.2 Å². The van der Waals surface area contributed by atoms with Crippen molar-refractivity contribution in [2.75, 3.05) is 26.6 Å². The summed E-state index contributed by atoms with van der Waals surface area (Å²) in [5.74, 6) is -0.153. The van der Waals surface area contributed by atoms with Crippen molar-refractivity contribution in [3.8, 4) is 28.8 Å². The number of ether oxygens (including phenoxy) is 3. The van der Waals surface area contributed by atoms with Crippen LogP contribution in [-0.4, -0.2) is 32.3 Å². The maximum absolute atomic E-state index is 13.1. The average molecular weight is 439 g/mol. The van der Waals surface area contributed by atoms with Gasteiger partial charge in [0.15, 0.2) is 11.5 Å². The minimum Gasteiger partial charge on any atom is -0.493 e. The zero-order valence-electron chi connectivity index (χ0n) is 16.9. The Morgan fingerprint density at radius 2 is 1.84 bits per heavy atom. The number of nitrogens with zero attached hydrogens (tertiary/aromatic N) is 2. The third-order valence-corrected chi connectivity index (χ3v) is 5.17. The highest BCUT2D eigenvalue weighted by molar-refractivity contribution is 7.11. The van der Waals surface area contributed by atoms with Crippen LogP contribution < -0.4 is 14.8 Å². The highest BCUT2D eigenvalue weighted by Gasteiger charge is 2.17. The number of hydrogen-bond acceptors (Lipinski definition) is 8. The van der Waals surface area contributed by atoms with E-state index in [0.717, 1.165) is 5.56 Å². The lowest BCUT2D eigenvalue weighted by Gasteiger charge is -2.13. The number of hydrogen-bond donors (Lipinski definition) is 1. The molecule has 0 saturated heterocycles. The van der Waals surface area contributed by atoms with Crippen LogP contribution in [0.15, 0.2) is 48.0 Å². The third-order valence-electron chi connectivity index (χ3n) is 4.30. The van der Waals surface area contributed by atoms with E-state index < -0.39 is 5.97 Å². The predicted molar refractivity (Wildman–Crippen MR) is 116 cm³/mol. The lowest BCUT2D eigenvalue weighted by molar-refractivity contribution is 0.0601. The summed E-state index contributed by atoms with van der Waals surface area (Å²) in [6, 6.07) is 11.1. The Morgan fingerprint density at radius 3 is 2.45 bits per heavy atom. The Bertz CT molecular complexity index is 1170. The van der Waals surface area contributed by atoms with Gasteiger partial charge in [0, 0.05) is 29.3 Å². The molecule has 0 aliphatic carbocycles. The largest absolute Gasteiger partial charge is 0.493 e. The highest BCUT2D eigenvalue weighted by Crippen LogP contribution is 2.34. The Balaban J connectivity index is 1.93. The highest BCUT2D eigenvalue weighted by atomic mass is 32.1. The van der Waals surface area contributed by atoms with E-state index in [0.29, 0.717) is 27.9 Å². The van der Waals surface area contributed by atoms with Crippen LogP contribution in [0.4, 0.5) is 10.1 Å². The molecule has 0 amide bonds. The van der Waals surface area contributed by atoms with Crippen molar-refractivity contribution in [2.45, 2.75) is 0 Å². The van der Waals surface area contributed by atoms with Crippen molar-refractivity contribution in [3.63, 3.8) is 0 Å². The molecular formula is C22H18FN3O4S. The van der Waals surface area contributed by atoms with Crippen molar-refractivity contribution in [1.82, 2.24) is 4.98 Å². The average Bonchev–Trinajstić information content (AvgIpc) is 3.29. The second kappa shape index (κ2) is 9.73. The number of aromatic nitrogens is 1. The fourth-order valence-electron chi connectivity index (χ4n) is 2.72. The number of carbonyl (C=O) groups is 1. The number of allylic oxidation sites excluding steroid dienone is 1.